The van der Waals surface area contributed by atoms with E-state index >= 15 is 0 Å². The number of unbranched alkanes of at least 4 members (excludes halogenated alkanes) is 1. The number of aryl methyl sites for hydroxylation is 1. The summed E-state index contributed by atoms with van der Waals surface area (Å²) in [5.41, 5.74) is 5.40. The fourth-order valence-corrected chi connectivity index (χ4v) is 1.28. The molecular weight excluding hydrogens is 206 g/mol. The van der Waals surface area contributed by atoms with E-state index in [1.165, 1.54) is 0 Å². The summed E-state index contributed by atoms with van der Waals surface area (Å²) in [4.78, 5) is 8.06. The van der Waals surface area contributed by atoms with Gasteiger partial charge < -0.3 is 10.2 Å². The van der Waals surface area contributed by atoms with Crippen molar-refractivity contribution in [1.82, 2.24) is 20.2 Å². The van der Waals surface area contributed by atoms with E-state index in [0.29, 0.717) is 24.2 Å². The van der Waals surface area contributed by atoms with Gasteiger partial charge >= 0.3 is 0 Å². The van der Waals surface area contributed by atoms with Crippen molar-refractivity contribution in [3.63, 3.8) is 0 Å². The molecule has 0 saturated carbocycles. The standard InChI is InChI=1S/C10H13N5O/c11-5-2-1-4-8-14-15-10(16-8)9-12-6-3-7-13-9/h3,6-7H,1-2,4-5,11H2. The summed E-state index contributed by atoms with van der Waals surface area (Å²) in [6, 6.07) is 1.74. The predicted octanol–water partition coefficient (Wildman–Crippen LogP) is 0.808. The molecule has 0 aliphatic rings. The van der Waals surface area contributed by atoms with Crippen LogP contribution in [-0.2, 0) is 6.42 Å². The van der Waals surface area contributed by atoms with Gasteiger partial charge in [-0.1, -0.05) is 0 Å². The Morgan fingerprint density at radius 2 is 1.94 bits per heavy atom. The van der Waals surface area contributed by atoms with E-state index in [-0.39, 0.29) is 0 Å². The van der Waals surface area contributed by atoms with Crippen LogP contribution in [0.3, 0.4) is 0 Å². The summed E-state index contributed by atoms with van der Waals surface area (Å²) in [6.45, 7) is 0.683. The first kappa shape index (κ1) is 10.7. The van der Waals surface area contributed by atoms with E-state index < -0.39 is 0 Å². The molecule has 0 amide bonds. The number of rotatable bonds is 5. The quantitative estimate of drug-likeness (QED) is 0.748. The van der Waals surface area contributed by atoms with Crippen molar-refractivity contribution in [3.05, 3.63) is 24.4 Å². The zero-order chi connectivity index (χ0) is 11.2. The van der Waals surface area contributed by atoms with Crippen molar-refractivity contribution in [1.29, 1.82) is 0 Å². The van der Waals surface area contributed by atoms with Crippen LogP contribution in [0.4, 0.5) is 0 Å². The van der Waals surface area contributed by atoms with Crippen LogP contribution in [-0.4, -0.2) is 26.7 Å². The Morgan fingerprint density at radius 1 is 1.12 bits per heavy atom. The van der Waals surface area contributed by atoms with Gasteiger partial charge in [-0.2, -0.15) is 0 Å². The van der Waals surface area contributed by atoms with E-state index in [4.69, 9.17) is 10.2 Å². The molecule has 0 unspecified atom stereocenters. The fourth-order valence-electron chi connectivity index (χ4n) is 1.28. The van der Waals surface area contributed by atoms with E-state index in [9.17, 15) is 0 Å². The van der Waals surface area contributed by atoms with Gasteiger partial charge in [-0.25, -0.2) is 9.97 Å². The average Bonchev–Trinajstić information content (AvgIpc) is 2.79. The molecular formula is C10H13N5O. The lowest BCUT2D eigenvalue weighted by molar-refractivity contribution is 0.491. The number of nitrogens with two attached hydrogens (primary N) is 1. The van der Waals surface area contributed by atoms with Crippen molar-refractivity contribution >= 4 is 0 Å². The van der Waals surface area contributed by atoms with Crippen LogP contribution in [0, 0.1) is 0 Å². The van der Waals surface area contributed by atoms with Crippen molar-refractivity contribution in [2.45, 2.75) is 19.3 Å². The monoisotopic (exact) mass is 219 g/mol. The average molecular weight is 219 g/mol. The number of hydrogen-bond donors (Lipinski definition) is 1. The van der Waals surface area contributed by atoms with Crippen LogP contribution in [0.5, 0.6) is 0 Å². The maximum absolute atomic E-state index is 5.43. The highest BCUT2D eigenvalue weighted by Crippen LogP contribution is 2.12. The van der Waals surface area contributed by atoms with Gasteiger partial charge in [0.15, 0.2) is 0 Å². The Bertz CT molecular complexity index is 428. The fraction of sp³-hybridized carbons (Fsp3) is 0.400. The van der Waals surface area contributed by atoms with E-state index in [1.807, 2.05) is 0 Å². The molecule has 2 heterocycles. The third-order valence-corrected chi connectivity index (χ3v) is 2.07. The first-order chi connectivity index (χ1) is 7.90. The molecule has 0 aliphatic heterocycles. The second kappa shape index (κ2) is 5.32. The van der Waals surface area contributed by atoms with Gasteiger partial charge in [0.25, 0.3) is 5.89 Å². The van der Waals surface area contributed by atoms with Crippen LogP contribution in [0.1, 0.15) is 18.7 Å². The highest BCUT2D eigenvalue weighted by atomic mass is 16.4. The van der Waals surface area contributed by atoms with Gasteiger partial charge in [0, 0.05) is 18.8 Å². The molecule has 0 aromatic carbocycles. The third kappa shape index (κ3) is 2.60. The van der Waals surface area contributed by atoms with E-state index in [2.05, 4.69) is 20.2 Å². The van der Waals surface area contributed by atoms with E-state index in [0.717, 1.165) is 19.3 Å². The lowest BCUT2D eigenvalue weighted by Gasteiger charge is -1.93. The first-order valence-electron chi connectivity index (χ1n) is 5.20. The molecule has 0 atom stereocenters. The minimum Gasteiger partial charge on any atom is -0.418 e. The van der Waals surface area contributed by atoms with Gasteiger partial charge in [-0.05, 0) is 25.5 Å². The Labute approximate surface area is 92.9 Å². The lowest BCUT2D eigenvalue weighted by atomic mass is 10.2. The summed E-state index contributed by atoms with van der Waals surface area (Å²) < 4.78 is 5.43. The van der Waals surface area contributed by atoms with Gasteiger partial charge in [0.05, 0.1) is 0 Å². The van der Waals surface area contributed by atoms with Gasteiger partial charge in [-0.15, -0.1) is 10.2 Å². The van der Waals surface area contributed by atoms with Crippen molar-refractivity contribution in [2.75, 3.05) is 6.54 Å². The maximum atomic E-state index is 5.43. The molecule has 16 heavy (non-hydrogen) atoms. The molecule has 2 aromatic heterocycles. The minimum atomic E-state index is 0.364. The normalized spacial score (nSPS) is 10.6. The molecule has 0 radical (unpaired) electrons. The highest BCUT2D eigenvalue weighted by Gasteiger charge is 2.09. The zero-order valence-corrected chi connectivity index (χ0v) is 8.83. The van der Waals surface area contributed by atoms with Crippen molar-refractivity contribution in [3.8, 4) is 11.7 Å². The maximum Gasteiger partial charge on any atom is 0.285 e. The second-order valence-electron chi connectivity index (χ2n) is 3.32. The van der Waals surface area contributed by atoms with Crippen LogP contribution in [0.2, 0.25) is 0 Å². The summed E-state index contributed by atoms with van der Waals surface area (Å²) in [5.74, 6) is 1.43. The Hall–Kier alpha value is -1.82. The van der Waals surface area contributed by atoms with Crippen LogP contribution >= 0.6 is 0 Å². The molecule has 2 aromatic rings. The highest BCUT2D eigenvalue weighted by molar-refractivity contribution is 5.37. The molecule has 0 fully saturated rings. The van der Waals surface area contributed by atoms with Gasteiger partial charge in [-0.3, -0.25) is 0 Å². The van der Waals surface area contributed by atoms with E-state index in [1.54, 1.807) is 18.5 Å². The van der Waals surface area contributed by atoms with Crippen LogP contribution in [0.15, 0.2) is 22.9 Å². The molecule has 0 bridgehead atoms. The summed E-state index contributed by atoms with van der Waals surface area (Å²) in [5, 5.41) is 7.82. The summed E-state index contributed by atoms with van der Waals surface area (Å²) >= 11 is 0. The van der Waals surface area contributed by atoms with Gasteiger partial charge in [0.1, 0.15) is 0 Å². The predicted molar refractivity (Wildman–Crippen MR) is 57.3 cm³/mol. The molecule has 0 saturated heterocycles. The molecule has 84 valence electrons. The molecule has 0 aliphatic carbocycles. The zero-order valence-electron chi connectivity index (χ0n) is 8.83. The largest absolute Gasteiger partial charge is 0.418 e. The minimum absolute atomic E-state index is 0.364. The summed E-state index contributed by atoms with van der Waals surface area (Å²) in [6.07, 6.45) is 5.94. The molecule has 0 spiro atoms. The molecule has 2 rings (SSSR count). The Kier molecular flexibility index (Phi) is 3.55. The first-order valence-corrected chi connectivity index (χ1v) is 5.20. The lowest BCUT2D eigenvalue weighted by Crippen LogP contribution is -1.99. The topological polar surface area (TPSA) is 90.7 Å². The SMILES string of the molecule is NCCCCc1nnc(-c2ncccn2)o1. The smallest absolute Gasteiger partial charge is 0.285 e. The molecule has 2 N–H and O–H groups in total. The Balaban J connectivity index is 2.02. The summed E-state index contributed by atoms with van der Waals surface area (Å²) in [7, 11) is 0. The number of aromatic nitrogens is 4. The molecule has 6 heteroatoms. The van der Waals surface area contributed by atoms with Crippen LogP contribution in [0.25, 0.3) is 11.7 Å². The molecule has 6 nitrogen and oxygen atoms in total. The number of hydrogen-bond acceptors (Lipinski definition) is 6. The Morgan fingerprint density at radius 3 is 2.69 bits per heavy atom. The second-order valence-corrected chi connectivity index (χ2v) is 3.32. The van der Waals surface area contributed by atoms with Crippen LogP contribution < -0.4 is 5.73 Å². The van der Waals surface area contributed by atoms with Gasteiger partial charge in [0.2, 0.25) is 11.7 Å². The number of nitrogens with zero attached hydrogens (tertiary/aromatic N) is 4. The van der Waals surface area contributed by atoms with Crippen molar-refractivity contribution in [2.24, 2.45) is 5.73 Å². The third-order valence-electron chi connectivity index (χ3n) is 2.07. The van der Waals surface area contributed by atoms with Crippen molar-refractivity contribution < 1.29 is 4.42 Å².